The molecule has 188 valence electrons. The van der Waals surface area contributed by atoms with E-state index in [1.165, 1.54) is 6.33 Å². The summed E-state index contributed by atoms with van der Waals surface area (Å²) in [7, 11) is 7.00. The van der Waals surface area contributed by atoms with E-state index in [4.69, 9.17) is 18.9 Å². The van der Waals surface area contributed by atoms with Gasteiger partial charge in [0, 0.05) is 51.3 Å². The van der Waals surface area contributed by atoms with Crippen LogP contribution in [0.25, 0.3) is 11.0 Å². The highest BCUT2D eigenvalue weighted by Crippen LogP contribution is 2.41. The van der Waals surface area contributed by atoms with Crippen molar-refractivity contribution in [3.63, 3.8) is 0 Å². The van der Waals surface area contributed by atoms with Crippen LogP contribution in [0.4, 0.5) is 11.5 Å². The molecule has 0 spiro atoms. The maximum atomic E-state index is 12.7. The van der Waals surface area contributed by atoms with Crippen LogP contribution in [0.15, 0.2) is 24.7 Å². The third-order valence-electron chi connectivity index (χ3n) is 5.84. The first-order chi connectivity index (χ1) is 17.0. The first kappa shape index (κ1) is 24.6. The number of carbonyl (C=O) groups is 1. The van der Waals surface area contributed by atoms with Gasteiger partial charge in [-0.15, -0.1) is 0 Å². The predicted molar refractivity (Wildman–Crippen MR) is 132 cm³/mol. The van der Waals surface area contributed by atoms with Crippen LogP contribution in [-0.4, -0.2) is 91.9 Å². The number of nitrogens with one attached hydrogen (secondary N) is 2. The highest BCUT2D eigenvalue weighted by atomic mass is 16.6. The molecule has 0 aliphatic carbocycles. The number of rotatable bonds is 5. The van der Waals surface area contributed by atoms with Crippen molar-refractivity contribution in [1.29, 1.82) is 0 Å². The molecule has 11 nitrogen and oxygen atoms in total. The summed E-state index contributed by atoms with van der Waals surface area (Å²) in [4.78, 5) is 28.8. The third-order valence-corrected chi connectivity index (χ3v) is 5.84. The third kappa shape index (κ3) is 5.75. The zero-order valence-electron chi connectivity index (χ0n) is 20.6. The summed E-state index contributed by atoms with van der Waals surface area (Å²) in [6.45, 7) is 2.74. The molecule has 1 amide bonds. The number of aromatic nitrogens is 3. The lowest BCUT2D eigenvalue weighted by atomic mass is 10.2. The second-order valence-corrected chi connectivity index (χ2v) is 8.43. The van der Waals surface area contributed by atoms with E-state index in [1.54, 1.807) is 38.3 Å². The van der Waals surface area contributed by atoms with Gasteiger partial charge in [0.1, 0.15) is 24.4 Å². The van der Waals surface area contributed by atoms with Crippen molar-refractivity contribution in [1.82, 2.24) is 24.8 Å². The van der Waals surface area contributed by atoms with Crippen LogP contribution in [0.1, 0.15) is 12.0 Å². The molecule has 4 rings (SSSR count). The summed E-state index contributed by atoms with van der Waals surface area (Å²) < 4.78 is 22.6. The van der Waals surface area contributed by atoms with Gasteiger partial charge < -0.3 is 39.0 Å². The fourth-order valence-electron chi connectivity index (χ4n) is 3.98. The predicted octanol–water partition coefficient (Wildman–Crippen LogP) is 2.41. The number of amides is 1. The molecule has 0 fully saturated rings. The molecule has 0 radical (unpaired) electrons. The molecule has 1 aromatic carbocycles. The van der Waals surface area contributed by atoms with Crippen LogP contribution < -0.4 is 19.5 Å². The maximum absolute atomic E-state index is 12.7. The van der Waals surface area contributed by atoms with Crippen molar-refractivity contribution in [2.75, 3.05) is 66.5 Å². The number of methoxy groups -OCH3 is 2. The van der Waals surface area contributed by atoms with E-state index >= 15 is 0 Å². The van der Waals surface area contributed by atoms with Crippen LogP contribution in [0.5, 0.6) is 17.2 Å². The Hall–Kier alpha value is -3.57. The number of hydrogen-bond acceptors (Lipinski definition) is 9. The standard InChI is InChI=1S/C24H32N6O5/c1-29-6-5-7-30(2)20(31)14-35-19-11-17(10-18(33-4)22(19)34-9-8-32-3)28-24-21-16(13-29)12-25-23(21)26-15-27-24/h10-12,15H,5-9,13-14H2,1-4H3,(H2,25,26,27,28). The molecule has 11 heteroatoms. The fraction of sp³-hybridized carbons (Fsp3) is 0.458. The molecule has 0 saturated carbocycles. The minimum atomic E-state index is -0.126. The number of anilines is 2. The number of H-pyrrole nitrogens is 1. The lowest BCUT2D eigenvalue weighted by Crippen LogP contribution is -2.33. The molecule has 1 aliphatic heterocycles. The van der Waals surface area contributed by atoms with Gasteiger partial charge in [-0.05, 0) is 25.6 Å². The molecule has 2 bridgehead atoms. The highest BCUT2D eigenvalue weighted by molar-refractivity contribution is 5.92. The van der Waals surface area contributed by atoms with Crippen LogP contribution >= 0.6 is 0 Å². The summed E-state index contributed by atoms with van der Waals surface area (Å²) in [5.41, 5.74) is 2.50. The largest absolute Gasteiger partial charge is 0.493 e. The summed E-state index contributed by atoms with van der Waals surface area (Å²) in [6.07, 6.45) is 4.30. The fourth-order valence-corrected chi connectivity index (χ4v) is 3.98. The van der Waals surface area contributed by atoms with Crippen LogP contribution in [0.2, 0.25) is 0 Å². The van der Waals surface area contributed by atoms with Crippen molar-refractivity contribution in [3.05, 3.63) is 30.2 Å². The zero-order valence-corrected chi connectivity index (χ0v) is 20.6. The monoisotopic (exact) mass is 484 g/mol. The Morgan fingerprint density at radius 3 is 2.80 bits per heavy atom. The van der Waals surface area contributed by atoms with Crippen molar-refractivity contribution in [2.24, 2.45) is 0 Å². The molecule has 1 aliphatic rings. The van der Waals surface area contributed by atoms with E-state index in [-0.39, 0.29) is 12.5 Å². The van der Waals surface area contributed by atoms with Gasteiger partial charge in [-0.1, -0.05) is 0 Å². The SMILES string of the molecule is COCCOc1c(OC)cc2cc1OCC(=O)N(C)CCCN(C)Cc1c[nH]c3ncnc(c13)N2. The Kier molecular flexibility index (Phi) is 7.88. The highest BCUT2D eigenvalue weighted by Gasteiger charge is 2.20. The summed E-state index contributed by atoms with van der Waals surface area (Å²) >= 11 is 0. The average Bonchev–Trinajstić information content (AvgIpc) is 3.26. The van der Waals surface area contributed by atoms with Crippen molar-refractivity contribution < 1.29 is 23.7 Å². The molecular weight excluding hydrogens is 452 g/mol. The lowest BCUT2D eigenvalue weighted by molar-refractivity contribution is -0.132. The van der Waals surface area contributed by atoms with E-state index in [9.17, 15) is 4.79 Å². The first-order valence-corrected chi connectivity index (χ1v) is 11.5. The topological polar surface area (TPSA) is 114 Å². The molecule has 2 N–H and O–H groups in total. The molecular formula is C24H32N6O5. The molecule has 0 unspecified atom stereocenters. The number of fused-ring (bicyclic) bond motifs is 2. The quantitative estimate of drug-likeness (QED) is 0.527. The Bertz CT molecular complexity index is 1170. The first-order valence-electron chi connectivity index (χ1n) is 11.5. The number of aromatic amines is 1. The van der Waals surface area contributed by atoms with Crippen molar-refractivity contribution in [3.8, 4) is 17.2 Å². The second kappa shape index (κ2) is 11.2. The molecule has 0 saturated heterocycles. The van der Waals surface area contributed by atoms with Gasteiger partial charge in [-0.25, -0.2) is 9.97 Å². The van der Waals surface area contributed by atoms with Gasteiger partial charge in [-0.2, -0.15) is 0 Å². The minimum absolute atomic E-state index is 0.120. The molecule has 3 aromatic rings. The van der Waals surface area contributed by atoms with Crippen molar-refractivity contribution in [2.45, 2.75) is 13.0 Å². The van der Waals surface area contributed by atoms with Gasteiger partial charge in [-0.3, -0.25) is 4.79 Å². The minimum Gasteiger partial charge on any atom is -0.493 e. The molecule has 2 aromatic heterocycles. The molecule has 35 heavy (non-hydrogen) atoms. The van der Waals surface area contributed by atoms with E-state index in [0.717, 1.165) is 29.6 Å². The van der Waals surface area contributed by atoms with E-state index < -0.39 is 0 Å². The summed E-state index contributed by atoms with van der Waals surface area (Å²) in [5.74, 6) is 1.79. The van der Waals surface area contributed by atoms with Crippen LogP contribution in [0, 0.1) is 0 Å². The number of nitrogens with zero attached hydrogens (tertiary/aromatic N) is 4. The lowest BCUT2D eigenvalue weighted by Gasteiger charge is -2.22. The Labute approximate surface area is 204 Å². The number of hydrogen-bond donors (Lipinski definition) is 2. The van der Waals surface area contributed by atoms with E-state index in [2.05, 4.69) is 32.2 Å². The van der Waals surface area contributed by atoms with Crippen molar-refractivity contribution >= 4 is 28.4 Å². The Morgan fingerprint density at radius 2 is 2.00 bits per heavy atom. The maximum Gasteiger partial charge on any atom is 0.260 e. The zero-order chi connectivity index (χ0) is 24.8. The average molecular weight is 485 g/mol. The van der Waals surface area contributed by atoms with Crippen LogP contribution in [0.3, 0.4) is 0 Å². The second-order valence-electron chi connectivity index (χ2n) is 8.43. The summed E-state index contributed by atoms with van der Waals surface area (Å²) in [5, 5.41) is 4.29. The van der Waals surface area contributed by atoms with Gasteiger partial charge >= 0.3 is 0 Å². The van der Waals surface area contributed by atoms with E-state index in [0.29, 0.717) is 55.1 Å². The Balaban J connectivity index is 1.77. The number of likely N-dealkylation sites (N-methyl/N-ethyl adjacent to an activating group) is 1. The number of benzene rings is 1. The van der Waals surface area contributed by atoms with Gasteiger partial charge in [0.05, 0.1) is 19.1 Å². The molecule has 3 heterocycles. The smallest absolute Gasteiger partial charge is 0.260 e. The van der Waals surface area contributed by atoms with Gasteiger partial charge in [0.15, 0.2) is 18.1 Å². The Morgan fingerprint density at radius 1 is 1.14 bits per heavy atom. The number of carbonyl (C=O) groups excluding carboxylic acids is 1. The van der Waals surface area contributed by atoms with Gasteiger partial charge in [0.2, 0.25) is 5.75 Å². The number of ether oxygens (including phenoxy) is 4. The molecule has 0 atom stereocenters. The normalized spacial score (nSPS) is 15.5. The van der Waals surface area contributed by atoms with Gasteiger partial charge in [0.25, 0.3) is 5.91 Å². The summed E-state index contributed by atoms with van der Waals surface area (Å²) in [6, 6.07) is 3.58. The van der Waals surface area contributed by atoms with E-state index in [1.807, 2.05) is 6.20 Å². The van der Waals surface area contributed by atoms with Crippen LogP contribution in [-0.2, 0) is 16.1 Å².